The van der Waals surface area contributed by atoms with E-state index in [1.807, 2.05) is 0 Å². The molecule has 1 aliphatic rings. The van der Waals surface area contributed by atoms with E-state index in [-0.39, 0.29) is 5.92 Å². The molecule has 0 spiro atoms. The lowest BCUT2D eigenvalue weighted by Gasteiger charge is -2.17. The number of rotatable bonds is 2. The van der Waals surface area contributed by atoms with Crippen LogP contribution in [0, 0.1) is 5.92 Å². The van der Waals surface area contributed by atoms with Gasteiger partial charge in [0.05, 0.1) is 0 Å². The molecule has 3 heteroatoms. The standard InChI is InChI=1S/C6H11NO2/c1-6(9,5(7)8)4-2-3-4/h4,9H,2-3H2,1H3,(H2,7,8). The predicted octanol–water partition coefficient (Wildman–Crippen LogP) is -0.367. The Labute approximate surface area is 53.9 Å². The fourth-order valence-electron chi connectivity index (χ4n) is 0.847. The van der Waals surface area contributed by atoms with Gasteiger partial charge >= 0.3 is 0 Å². The van der Waals surface area contributed by atoms with Gasteiger partial charge in [-0.05, 0) is 25.7 Å². The molecule has 0 heterocycles. The van der Waals surface area contributed by atoms with Crippen molar-refractivity contribution >= 4 is 5.91 Å². The number of nitrogens with two attached hydrogens (primary N) is 1. The molecular weight excluding hydrogens is 118 g/mol. The Balaban J connectivity index is 2.59. The number of aliphatic hydroxyl groups is 1. The van der Waals surface area contributed by atoms with Crippen molar-refractivity contribution in [3.63, 3.8) is 0 Å². The van der Waals surface area contributed by atoms with Crippen LogP contribution in [-0.2, 0) is 4.79 Å². The average molecular weight is 129 g/mol. The zero-order chi connectivity index (χ0) is 7.07. The summed E-state index contributed by atoms with van der Waals surface area (Å²) in [6.07, 6.45) is 1.85. The topological polar surface area (TPSA) is 63.3 Å². The lowest BCUT2D eigenvalue weighted by molar-refractivity contribution is -0.136. The maximum absolute atomic E-state index is 10.5. The maximum Gasteiger partial charge on any atom is 0.249 e. The molecule has 0 radical (unpaired) electrons. The van der Waals surface area contributed by atoms with Gasteiger partial charge in [-0.1, -0.05) is 0 Å². The fraction of sp³-hybridized carbons (Fsp3) is 0.833. The molecular formula is C6H11NO2. The number of primary amides is 1. The summed E-state index contributed by atoms with van der Waals surface area (Å²) in [4.78, 5) is 10.5. The van der Waals surface area contributed by atoms with Crippen molar-refractivity contribution in [2.24, 2.45) is 11.7 Å². The molecule has 1 fully saturated rings. The third-order valence-electron chi connectivity index (χ3n) is 1.87. The summed E-state index contributed by atoms with van der Waals surface area (Å²) in [5, 5.41) is 9.26. The zero-order valence-corrected chi connectivity index (χ0v) is 5.42. The first-order chi connectivity index (χ1) is 4.05. The van der Waals surface area contributed by atoms with E-state index >= 15 is 0 Å². The van der Waals surface area contributed by atoms with Crippen LogP contribution in [0.3, 0.4) is 0 Å². The first-order valence-electron chi connectivity index (χ1n) is 3.07. The highest BCUT2D eigenvalue weighted by Crippen LogP contribution is 2.39. The number of carbonyl (C=O) groups excluding carboxylic acids is 1. The van der Waals surface area contributed by atoms with Gasteiger partial charge in [0.1, 0.15) is 5.60 Å². The largest absolute Gasteiger partial charge is 0.380 e. The number of amides is 1. The smallest absolute Gasteiger partial charge is 0.249 e. The van der Waals surface area contributed by atoms with Gasteiger partial charge in [-0.25, -0.2) is 0 Å². The lowest BCUT2D eigenvalue weighted by atomic mass is 10.0. The molecule has 1 aliphatic carbocycles. The molecule has 1 amide bonds. The summed E-state index contributed by atoms with van der Waals surface area (Å²) < 4.78 is 0. The molecule has 3 nitrogen and oxygen atoms in total. The minimum atomic E-state index is -1.25. The van der Waals surface area contributed by atoms with E-state index in [0.29, 0.717) is 0 Å². The van der Waals surface area contributed by atoms with Gasteiger partial charge in [-0.15, -0.1) is 0 Å². The molecule has 0 aromatic rings. The van der Waals surface area contributed by atoms with Crippen molar-refractivity contribution in [3.8, 4) is 0 Å². The van der Waals surface area contributed by atoms with Crippen LogP contribution >= 0.6 is 0 Å². The second-order valence-electron chi connectivity index (χ2n) is 2.79. The van der Waals surface area contributed by atoms with Crippen LogP contribution in [0.25, 0.3) is 0 Å². The van der Waals surface area contributed by atoms with Gasteiger partial charge < -0.3 is 10.8 Å². The zero-order valence-electron chi connectivity index (χ0n) is 5.42. The van der Waals surface area contributed by atoms with Crippen molar-refractivity contribution in [3.05, 3.63) is 0 Å². The number of hydrogen-bond acceptors (Lipinski definition) is 2. The highest BCUT2D eigenvalue weighted by molar-refractivity contribution is 5.83. The molecule has 0 bridgehead atoms. The highest BCUT2D eigenvalue weighted by Gasteiger charge is 2.44. The SMILES string of the molecule is CC(O)(C(N)=O)C1CC1. The third kappa shape index (κ3) is 1.05. The van der Waals surface area contributed by atoms with Gasteiger partial charge in [0.25, 0.3) is 0 Å². The Morgan fingerprint density at radius 2 is 2.22 bits per heavy atom. The molecule has 0 aromatic heterocycles. The van der Waals surface area contributed by atoms with E-state index in [4.69, 9.17) is 5.73 Å². The molecule has 52 valence electrons. The van der Waals surface area contributed by atoms with Crippen LogP contribution in [-0.4, -0.2) is 16.6 Å². The van der Waals surface area contributed by atoms with Crippen LogP contribution in [0.5, 0.6) is 0 Å². The molecule has 0 aromatic carbocycles. The van der Waals surface area contributed by atoms with Crippen LogP contribution in [0.1, 0.15) is 19.8 Å². The van der Waals surface area contributed by atoms with E-state index in [1.54, 1.807) is 0 Å². The minimum Gasteiger partial charge on any atom is -0.380 e. The average Bonchev–Trinajstić information content (AvgIpc) is 2.42. The molecule has 1 saturated carbocycles. The molecule has 9 heavy (non-hydrogen) atoms. The van der Waals surface area contributed by atoms with Gasteiger partial charge in [-0.2, -0.15) is 0 Å². The number of carbonyl (C=O) groups is 1. The van der Waals surface area contributed by atoms with Gasteiger partial charge in [0.15, 0.2) is 0 Å². The Morgan fingerprint density at radius 1 is 1.78 bits per heavy atom. The van der Waals surface area contributed by atoms with Crippen molar-refractivity contribution in [2.75, 3.05) is 0 Å². The summed E-state index contributed by atoms with van der Waals surface area (Å²) >= 11 is 0. The van der Waals surface area contributed by atoms with E-state index in [1.165, 1.54) is 6.92 Å². The Morgan fingerprint density at radius 3 is 2.33 bits per heavy atom. The second kappa shape index (κ2) is 1.70. The summed E-state index contributed by atoms with van der Waals surface area (Å²) in [6, 6.07) is 0. The van der Waals surface area contributed by atoms with Gasteiger partial charge in [0, 0.05) is 0 Å². The Kier molecular flexibility index (Phi) is 1.24. The maximum atomic E-state index is 10.5. The molecule has 1 rings (SSSR count). The minimum absolute atomic E-state index is 0.120. The van der Waals surface area contributed by atoms with E-state index < -0.39 is 11.5 Å². The van der Waals surface area contributed by atoms with Crippen LogP contribution < -0.4 is 5.73 Å². The van der Waals surface area contributed by atoms with Crippen LogP contribution in [0.2, 0.25) is 0 Å². The number of hydrogen-bond donors (Lipinski definition) is 2. The molecule has 0 aliphatic heterocycles. The van der Waals surface area contributed by atoms with E-state index in [9.17, 15) is 9.90 Å². The Hall–Kier alpha value is -0.570. The summed E-state index contributed by atoms with van der Waals surface area (Å²) in [6.45, 7) is 1.48. The predicted molar refractivity (Wildman–Crippen MR) is 32.5 cm³/mol. The second-order valence-corrected chi connectivity index (χ2v) is 2.79. The summed E-state index contributed by atoms with van der Waals surface area (Å²) in [7, 11) is 0. The first-order valence-corrected chi connectivity index (χ1v) is 3.07. The molecule has 1 unspecified atom stereocenters. The monoisotopic (exact) mass is 129 g/mol. The summed E-state index contributed by atoms with van der Waals surface area (Å²) in [5.41, 5.74) is 3.67. The van der Waals surface area contributed by atoms with Crippen molar-refractivity contribution in [2.45, 2.75) is 25.4 Å². The molecule has 0 saturated heterocycles. The van der Waals surface area contributed by atoms with Crippen molar-refractivity contribution in [1.82, 2.24) is 0 Å². The molecule has 1 atom stereocenters. The first kappa shape index (κ1) is 6.55. The van der Waals surface area contributed by atoms with Crippen molar-refractivity contribution < 1.29 is 9.90 Å². The quantitative estimate of drug-likeness (QED) is 0.534. The Bertz CT molecular complexity index is 138. The van der Waals surface area contributed by atoms with Gasteiger partial charge in [-0.3, -0.25) is 4.79 Å². The normalized spacial score (nSPS) is 25.1. The van der Waals surface area contributed by atoms with Gasteiger partial charge in [0.2, 0.25) is 5.91 Å². The van der Waals surface area contributed by atoms with Crippen LogP contribution in [0.4, 0.5) is 0 Å². The van der Waals surface area contributed by atoms with Crippen molar-refractivity contribution in [1.29, 1.82) is 0 Å². The highest BCUT2D eigenvalue weighted by atomic mass is 16.3. The lowest BCUT2D eigenvalue weighted by Crippen LogP contribution is -2.42. The van der Waals surface area contributed by atoms with E-state index in [0.717, 1.165) is 12.8 Å². The van der Waals surface area contributed by atoms with Crippen LogP contribution in [0.15, 0.2) is 0 Å². The fourth-order valence-corrected chi connectivity index (χ4v) is 0.847. The third-order valence-corrected chi connectivity index (χ3v) is 1.87. The molecule has 3 N–H and O–H groups in total. The summed E-state index contributed by atoms with van der Waals surface area (Å²) in [5.74, 6) is -0.486. The van der Waals surface area contributed by atoms with E-state index in [2.05, 4.69) is 0 Å².